The number of hydrogen-bond donors (Lipinski definition) is 0. The van der Waals surface area contributed by atoms with E-state index in [0.29, 0.717) is 19.6 Å². The van der Waals surface area contributed by atoms with Gasteiger partial charge in [-0.25, -0.2) is 0 Å². The highest BCUT2D eigenvalue weighted by atomic mass is 16.5. The molecule has 5 heteroatoms. The van der Waals surface area contributed by atoms with Crippen LogP contribution in [0.5, 0.6) is 0 Å². The molecule has 1 aromatic carbocycles. The summed E-state index contributed by atoms with van der Waals surface area (Å²) >= 11 is 0. The van der Waals surface area contributed by atoms with Crippen molar-refractivity contribution >= 4 is 5.91 Å². The van der Waals surface area contributed by atoms with E-state index in [-0.39, 0.29) is 17.2 Å². The number of hydrogen-bond acceptors (Lipinski definition) is 4. The standard InChI is InChI=1S/C21H26N2O3/c1-20(2)17-9-10-23(11-12-25-3)19(24)21(17,16-7-5-4-6-8-16)13-15-14-22-26-18(15)20/h4-8,14,17H,9-13H2,1-3H3/t17-,21+/m0/s1. The summed E-state index contributed by atoms with van der Waals surface area (Å²) in [5, 5.41) is 4.06. The Morgan fingerprint density at radius 1 is 1.31 bits per heavy atom. The first-order chi connectivity index (χ1) is 12.5. The molecule has 0 radical (unpaired) electrons. The van der Waals surface area contributed by atoms with Crippen LogP contribution in [0.15, 0.2) is 41.1 Å². The molecule has 138 valence electrons. The summed E-state index contributed by atoms with van der Waals surface area (Å²) in [5.41, 5.74) is 1.33. The molecule has 1 aromatic heterocycles. The molecule has 2 atom stereocenters. The van der Waals surface area contributed by atoms with Gasteiger partial charge in [0.05, 0.1) is 18.2 Å². The highest BCUT2D eigenvalue weighted by Crippen LogP contribution is 2.55. The van der Waals surface area contributed by atoms with Crippen molar-refractivity contribution in [2.75, 3.05) is 26.8 Å². The minimum absolute atomic E-state index is 0.171. The molecule has 0 spiro atoms. The zero-order valence-electron chi connectivity index (χ0n) is 15.7. The number of nitrogens with zero attached hydrogens (tertiary/aromatic N) is 2. The first-order valence-electron chi connectivity index (χ1n) is 9.29. The van der Waals surface area contributed by atoms with E-state index in [4.69, 9.17) is 9.26 Å². The SMILES string of the molecule is COCCN1CC[C@H]2C(C)(C)c3oncc3C[C@]2(c2ccccc2)C1=O. The molecule has 0 saturated carbocycles. The molecule has 0 unspecified atom stereocenters. The van der Waals surface area contributed by atoms with E-state index in [2.05, 4.69) is 31.1 Å². The van der Waals surface area contributed by atoms with Crippen molar-refractivity contribution in [3.63, 3.8) is 0 Å². The van der Waals surface area contributed by atoms with E-state index >= 15 is 0 Å². The van der Waals surface area contributed by atoms with Gasteiger partial charge in [0.2, 0.25) is 5.91 Å². The maximum atomic E-state index is 13.8. The maximum absolute atomic E-state index is 13.8. The molecule has 1 fully saturated rings. The Bertz CT molecular complexity index is 799. The van der Waals surface area contributed by atoms with Crippen molar-refractivity contribution in [2.45, 2.75) is 37.5 Å². The number of likely N-dealkylation sites (tertiary alicyclic amines) is 1. The lowest BCUT2D eigenvalue weighted by Gasteiger charge is -2.55. The average molecular weight is 354 g/mol. The molecule has 4 rings (SSSR count). The molecule has 1 amide bonds. The molecule has 2 heterocycles. The molecule has 2 aromatic rings. The first-order valence-corrected chi connectivity index (χ1v) is 9.29. The second-order valence-electron chi connectivity index (χ2n) is 8.04. The monoisotopic (exact) mass is 354 g/mol. The van der Waals surface area contributed by atoms with Crippen LogP contribution >= 0.6 is 0 Å². The second kappa shape index (κ2) is 6.23. The van der Waals surface area contributed by atoms with Gasteiger partial charge in [-0.3, -0.25) is 4.79 Å². The Labute approximate surface area is 154 Å². The van der Waals surface area contributed by atoms with Crippen LogP contribution in [0.4, 0.5) is 0 Å². The summed E-state index contributed by atoms with van der Waals surface area (Å²) in [5.74, 6) is 1.31. The van der Waals surface area contributed by atoms with Crippen LogP contribution in [0.2, 0.25) is 0 Å². The molecular weight excluding hydrogens is 328 g/mol. The van der Waals surface area contributed by atoms with Gasteiger partial charge in [0.25, 0.3) is 0 Å². The number of piperidine rings is 1. The fourth-order valence-corrected chi connectivity index (χ4v) is 5.19. The Morgan fingerprint density at radius 2 is 2.08 bits per heavy atom. The van der Waals surface area contributed by atoms with E-state index in [1.54, 1.807) is 13.3 Å². The smallest absolute Gasteiger partial charge is 0.233 e. The van der Waals surface area contributed by atoms with Crippen LogP contribution < -0.4 is 0 Å². The number of methoxy groups -OCH3 is 1. The van der Waals surface area contributed by atoms with Crippen LogP contribution in [-0.4, -0.2) is 42.8 Å². The van der Waals surface area contributed by atoms with Crippen LogP contribution in [0.1, 0.15) is 37.2 Å². The number of carbonyl (C=O) groups is 1. The molecule has 1 saturated heterocycles. The van der Waals surface area contributed by atoms with Crippen molar-refractivity contribution < 1.29 is 14.1 Å². The predicted molar refractivity (Wildman–Crippen MR) is 97.9 cm³/mol. The Morgan fingerprint density at radius 3 is 2.81 bits per heavy atom. The van der Waals surface area contributed by atoms with Crippen LogP contribution in [0.25, 0.3) is 0 Å². The summed E-state index contributed by atoms with van der Waals surface area (Å²) in [7, 11) is 1.68. The minimum Gasteiger partial charge on any atom is -0.383 e. The molecule has 0 bridgehead atoms. The van der Waals surface area contributed by atoms with Crippen LogP contribution in [0.3, 0.4) is 0 Å². The normalized spacial score (nSPS) is 27.1. The van der Waals surface area contributed by atoms with Gasteiger partial charge in [-0.15, -0.1) is 0 Å². The number of fused-ring (bicyclic) bond motifs is 2. The molecule has 2 aliphatic rings. The number of aromatic nitrogens is 1. The number of benzene rings is 1. The zero-order valence-corrected chi connectivity index (χ0v) is 15.7. The van der Waals surface area contributed by atoms with E-state index in [0.717, 1.165) is 29.9 Å². The van der Waals surface area contributed by atoms with Gasteiger partial charge in [0.1, 0.15) is 5.76 Å². The molecule has 1 aliphatic carbocycles. The summed E-state index contributed by atoms with van der Waals surface area (Å²) < 4.78 is 10.9. The first kappa shape index (κ1) is 17.3. The van der Waals surface area contributed by atoms with Gasteiger partial charge in [-0.2, -0.15) is 0 Å². The highest BCUT2D eigenvalue weighted by Gasteiger charge is 2.61. The van der Waals surface area contributed by atoms with Gasteiger partial charge in [0, 0.05) is 31.2 Å². The van der Waals surface area contributed by atoms with Crippen molar-refractivity contribution in [1.29, 1.82) is 0 Å². The number of ether oxygens (including phenoxy) is 1. The molecule has 26 heavy (non-hydrogen) atoms. The predicted octanol–water partition coefficient (Wildman–Crippen LogP) is 2.94. The van der Waals surface area contributed by atoms with Gasteiger partial charge >= 0.3 is 0 Å². The third kappa shape index (κ3) is 2.33. The fraction of sp³-hybridized carbons (Fsp3) is 0.524. The lowest BCUT2D eigenvalue weighted by Crippen LogP contribution is -2.63. The zero-order chi connectivity index (χ0) is 18.4. The van der Waals surface area contributed by atoms with Crippen LogP contribution in [0, 0.1) is 5.92 Å². The lowest BCUT2D eigenvalue weighted by molar-refractivity contribution is -0.148. The quantitative estimate of drug-likeness (QED) is 0.847. The molecule has 5 nitrogen and oxygen atoms in total. The summed E-state index contributed by atoms with van der Waals surface area (Å²) in [6, 6.07) is 10.2. The minimum atomic E-state index is -0.574. The molecular formula is C21H26N2O3. The fourth-order valence-electron chi connectivity index (χ4n) is 5.19. The second-order valence-corrected chi connectivity index (χ2v) is 8.04. The topological polar surface area (TPSA) is 55.6 Å². The Kier molecular flexibility index (Phi) is 4.14. The third-order valence-corrected chi connectivity index (χ3v) is 6.38. The summed E-state index contributed by atoms with van der Waals surface area (Å²) in [6.45, 7) is 6.33. The molecule has 0 N–H and O–H groups in total. The van der Waals surface area contributed by atoms with Crippen molar-refractivity contribution in [3.05, 3.63) is 53.4 Å². The van der Waals surface area contributed by atoms with E-state index in [9.17, 15) is 4.79 Å². The average Bonchev–Trinajstić information content (AvgIpc) is 3.12. The Balaban J connectivity index is 1.88. The summed E-state index contributed by atoms with van der Waals surface area (Å²) in [4.78, 5) is 15.8. The Hall–Kier alpha value is -2.14. The van der Waals surface area contributed by atoms with Gasteiger partial charge in [-0.05, 0) is 24.3 Å². The highest BCUT2D eigenvalue weighted by molar-refractivity contribution is 5.90. The van der Waals surface area contributed by atoms with Crippen molar-refractivity contribution in [2.24, 2.45) is 5.92 Å². The van der Waals surface area contributed by atoms with Gasteiger partial charge in [-0.1, -0.05) is 49.3 Å². The number of carbonyl (C=O) groups excluding carboxylic acids is 1. The maximum Gasteiger partial charge on any atom is 0.233 e. The largest absolute Gasteiger partial charge is 0.383 e. The number of rotatable bonds is 4. The van der Waals surface area contributed by atoms with Gasteiger partial charge in [0.15, 0.2) is 0 Å². The van der Waals surface area contributed by atoms with Crippen molar-refractivity contribution in [1.82, 2.24) is 10.1 Å². The van der Waals surface area contributed by atoms with Crippen LogP contribution in [-0.2, 0) is 26.8 Å². The van der Waals surface area contributed by atoms with Gasteiger partial charge < -0.3 is 14.2 Å². The van der Waals surface area contributed by atoms with E-state index < -0.39 is 5.41 Å². The van der Waals surface area contributed by atoms with Crippen molar-refractivity contribution in [3.8, 4) is 0 Å². The molecule has 1 aliphatic heterocycles. The summed E-state index contributed by atoms with van der Waals surface area (Å²) in [6.07, 6.45) is 3.38. The third-order valence-electron chi connectivity index (χ3n) is 6.38. The lowest BCUT2D eigenvalue weighted by atomic mass is 9.51. The van der Waals surface area contributed by atoms with E-state index in [1.165, 1.54) is 0 Å². The van der Waals surface area contributed by atoms with E-state index in [1.807, 2.05) is 23.1 Å². The number of amides is 1.